The van der Waals surface area contributed by atoms with Crippen molar-refractivity contribution in [1.29, 1.82) is 0 Å². The summed E-state index contributed by atoms with van der Waals surface area (Å²) in [6.45, 7) is 5.37. The summed E-state index contributed by atoms with van der Waals surface area (Å²) in [5.41, 5.74) is -0.330. The van der Waals surface area contributed by atoms with E-state index in [1.54, 1.807) is 4.90 Å². The Morgan fingerprint density at radius 3 is 2.53 bits per heavy atom. The van der Waals surface area contributed by atoms with Gasteiger partial charge in [-0.15, -0.1) is 0 Å². The fourth-order valence-corrected chi connectivity index (χ4v) is 2.99. The van der Waals surface area contributed by atoms with Crippen LogP contribution >= 0.6 is 0 Å². The lowest BCUT2D eigenvalue weighted by Gasteiger charge is -2.35. The van der Waals surface area contributed by atoms with Gasteiger partial charge in [-0.1, -0.05) is 0 Å². The van der Waals surface area contributed by atoms with Gasteiger partial charge < -0.3 is 5.32 Å². The van der Waals surface area contributed by atoms with Crippen LogP contribution in [0.4, 0.5) is 13.2 Å². The second-order valence-corrected chi connectivity index (χ2v) is 5.17. The largest absolute Gasteiger partial charge is 0.401 e. The van der Waals surface area contributed by atoms with E-state index in [0.717, 1.165) is 13.1 Å². The summed E-state index contributed by atoms with van der Waals surface area (Å²) < 4.78 is 37.1. The van der Waals surface area contributed by atoms with E-state index in [1.807, 2.05) is 13.8 Å². The highest BCUT2D eigenvalue weighted by Crippen LogP contribution is 2.41. The van der Waals surface area contributed by atoms with Crippen LogP contribution in [-0.2, 0) is 0 Å². The van der Waals surface area contributed by atoms with Gasteiger partial charge in [0, 0.05) is 18.6 Å². The van der Waals surface area contributed by atoms with Crippen LogP contribution in [0.5, 0.6) is 0 Å². The Hall–Kier alpha value is -0.290. The number of fused-ring (bicyclic) bond motifs is 1. The maximum atomic E-state index is 12.4. The maximum Gasteiger partial charge on any atom is 0.401 e. The van der Waals surface area contributed by atoms with Gasteiger partial charge in [0.15, 0.2) is 0 Å². The first kappa shape index (κ1) is 11.2. The zero-order chi connectivity index (χ0) is 11.3. The summed E-state index contributed by atoms with van der Waals surface area (Å²) >= 11 is 0. The molecule has 2 aliphatic heterocycles. The van der Waals surface area contributed by atoms with E-state index in [0.29, 0.717) is 18.4 Å². The average Bonchev–Trinajstić information content (AvgIpc) is 2.55. The van der Waals surface area contributed by atoms with Crippen LogP contribution in [0.3, 0.4) is 0 Å². The van der Waals surface area contributed by atoms with Crippen molar-refractivity contribution in [2.75, 3.05) is 26.2 Å². The molecular weight excluding hydrogens is 205 g/mol. The zero-order valence-corrected chi connectivity index (χ0v) is 9.06. The third kappa shape index (κ3) is 1.99. The molecule has 0 aromatic heterocycles. The van der Waals surface area contributed by atoms with Crippen molar-refractivity contribution >= 4 is 0 Å². The van der Waals surface area contributed by atoms with Gasteiger partial charge in [-0.3, -0.25) is 4.90 Å². The molecule has 0 aromatic carbocycles. The van der Waals surface area contributed by atoms with Crippen LogP contribution in [0.15, 0.2) is 0 Å². The minimum atomic E-state index is -4.08. The van der Waals surface area contributed by atoms with Gasteiger partial charge in [-0.25, -0.2) is 0 Å². The van der Waals surface area contributed by atoms with Crippen molar-refractivity contribution in [2.24, 2.45) is 11.8 Å². The van der Waals surface area contributed by atoms with E-state index in [1.165, 1.54) is 0 Å². The summed E-state index contributed by atoms with van der Waals surface area (Å²) in [5.74, 6) is 0.752. The minimum Gasteiger partial charge on any atom is -0.316 e. The van der Waals surface area contributed by atoms with Gasteiger partial charge in [-0.05, 0) is 32.2 Å². The molecule has 0 aromatic rings. The number of hydrogen-bond donors (Lipinski definition) is 1. The molecule has 0 radical (unpaired) electrons. The number of rotatable bonds is 1. The highest BCUT2D eigenvalue weighted by molar-refractivity contribution is 5.04. The molecule has 2 atom stereocenters. The topological polar surface area (TPSA) is 15.3 Å². The third-order valence-corrected chi connectivity index (χ3v) is 3.89. The third-order valence-electron chi connectivity index (χ3n) is 3.89. The summed E-state index contributed by atoms with van der Waals surface area (Å²) in [7, 11) is 0. The Morgan fingerprint density at radius 2 is 2.00 bits per heavy atom. The van der Waals surface area contributed by atoms with Gasteiger partial charge >= 0.3 is 6.18 Å². The summed E-state index contributed by atoms with van der Waals surface area (Å²) in [5, 5.41) is 3.26. The number of halogens is 3. The molecule has 0 spiro atoms. The molecule has 1 N–H and O–H groups in total. The Kier molecular flexibility index (Phi) is 2.50. The SMILES string of the molecule is CC1(C)C2CNCC2CN1CC(F)(F)F. The second-order valence-electron chi connectivity index (χ2n) is 5.17. The summed E-state index contributed by atoms with van der Waals surface area (Å²) in [4.78, 5) is 1.59. The van der Waals surface area contributed by atoms with Gasteiger partial charge in [0.2, 0.25) is 0 Å². The molecule has 88 valence electrons. The lowest BCUT2D eigenvalue weighted by Crippen LogP contribution is -2.48. The van der Waals surface area contributed by atoms with E-state index in [2.05, 4.69) is 5.32 Å². The van der Waals surface area contributed by atoms with Crippen molar-refractivity contribution < 1.29 is 13.2 Å². The van der Waals surface area contributed by atoms with Gasteiger partial charge in [-0.2, -0.15) is 13.2 Å². The second kappa shape index (κ2) is 3.35. The Morgan fingerprint density at radius 1 is 1.33 bits per heavy atom. The van der Waals surface area contributed by atoms with Crippen LogP contribution in [-0.4, -0.2) is 42.8 Å². The van der Waals surface area contributed by atoms with Crippen molar-refractivity contribution in [2.45, 2.75) is 25.6 Å². The smallest absolute Gasteiger partial charge is 0.316 e. The first-order valence-electron chi connectivity index (χ1n) is 5.33. The zero-order valence-electron chi connectivity index (χ0n) is 9.06. The Balaban J connectivity index is 2.09. The van der Waals surface area contributed by atoms with Crippen molar-refractivity contribution in [3.63, 3.8) is 0 Å². The minimum absolute atomic E-state index is 0.330. The average molecular weight is 222 g/mol. The quantitative estimate of drug-likeness (QED) is 0.723. The molecule has 0 saturated carbocycles. The van der Waals surface area contributed by atoms with Gasteiger partial charge in [0.05, 0.1) is 6.54 Å². The lowest BCUT2D eigenvalue weighted by atomic mass is 9.85. The molecule has 2 rings (SSSR count). The number of alkyl halides is 3. The summed E-state index contributed by atoms with van der Waals surface area (Å²) in [6.07, 6.45) is -4.08. The molecule has 2 saturated heterocycles. The molecule has 15 heavy (non-hydrogen) atoms. The fourth-order valence-electron chi connectivity index (χ4n) is 2.99. The molecule has 2 fully saturated rings. The van der Waals surface area contributed by atoms with Crippen LogP contribution in [0.2, 0.25) is 0 Å². The summed E-state index contributed by atoms with van der Waals surface area (Å²) in [6, 6.07) is 0. The Bertz CT molecular complexity index is 250. The van der Waals surface area contributed by atoms with Gasteiger partial charge in [0.25, 0.3) is 0 Å². The monoisotopic (exact) mass is 222 g/mol. The number of likely N-dealkylation sites (tertiary alicyclic amines) is 1. The maximum absolute atomic E-state index is 12.4. The number of nitrogens with zero attached hydrogens (tertiary/aromatic N) is 1. The molecule has 0 bridgehead atoms. The predicted molar refractivity (Wildman–Crippen MR) is 51.6 cm³/mol. The Labute approximate surface area is 87.8 Å². The van der Waals surface area contributed by atoms with Gasteiger partial charge in [0.1, 0.15) is 0 Å². The standard InChI is InChI=1S/C10H17F3N2/c1-9(2)8-4-14-3-7(8)5-15(9)6-10(11,12)13/h7-8,14H,3-6H2,1-2H3. The first-order valence-corrected chi connectivity index (χ1v) is 5.33. The molecule has 2 heterocycles. The molecule has 0 aliphatic carbocycles. The van der Waals surface area contributed by atoms with E-state index >= 15 is 0 Å². The van der Waals surface area contributed by atoms with Crippen molar-refractivity contribution in [1.82, 2.24) is 10.2 Å². The molecule has 0 amide bonds. The van der Waals surface area contributed by atoms with Crippen molar-refractivity contribution in [3.05, 3.63) is 0 Å². The number of nitrogens with one attached hydrogen (secondary N) is 1. The van der Waals surface area contributed by atoms with Crippen LogP contribution in [0.1, 0.15) is 13.8 Å². The number of hydrogen-bond acceptors (Lipinski definition) is 2. The predicted octanol–water partition coefficient (Wildman–Crippen LogP) is 1.48. The normalized spacial score (nSPS) is 35.8. The molecule has 2 nitrogen and oxygen atoms in total. The van der Waals surface area contributed by atoms with Crippen LogP contribution in [0.25, 0.3) is 0 Å². The van der Waals surface area contributed by atoms with E-state index in [4.69, 9.17) is 0 Å². The van der Waals surface area contributed by atoms with E-state index in [-0.39, 0.29) is 5.54 Å². The molecular formula is C10H17F3N2. The lowest BCUT2D eigenvalue weighted by molar-refractivity contribution is -0.154. The molecule has 2 unspecified atom stereocenters. The van der Waals surface area contributed by atoms with E-state index < -0.39 is 12.7 Å². The van der Waals surface area contributed by atoms with Crippen LogP contribution in [0, 0.1) is 11.8 Å². The van der Waals surface area contributed by atoms with Crippen LogP contribution < -0.4 is 5.32 Å². The van der Waals surface area contributed by atoms with E-state index in [9.17, 15) is 13.2 Å². The first-order chi connectivity index (χ1) is 6.81. The molecule has 5 heteroatoms. The fraction of sp³-hybridized carbons (Fsp3) is 1.00. The highest BCUT2D eigenvalue weighted by Gasteiger charge is 2.51. The highest BCUT2D eigenvalue weighted by atomic mass is 19.4. The van der Waals surface area contributed by atoms with Crippen molar-refractivity contribution in [3.8, 4) is 0 Å². The molecule has 2 aliphatic rings.